The minimum Gasteiger partial charge on any atom is -0.334 e. The lowest BCUT2D eigenvalue weighted by Crippen LogP contribution is -2.28. The number of aryl methyl sites for hydroxylation is 1. The Morgan fingerprint density at radius 2 is 1.71 bits per heavy atom. The molecule has 0 unspecified atom stereocenters. The molecule has 4 amide bonds. The van der Waals surface area contributed by atoms with Crippen LogP contribution in [0.4, 0.5) is 21.9 Å². The number of benzene rings is 2. The molecule has 7 heteroatoms. The molecule has 0 aliphatic heterocycles. The minimum absolute atomic E-state index is 0.0262. The van der Waals surface area contributed by atoms with Gasteiger partial charge in [-0.2, -0.15) is 0 Å². The maximum absolute atomic E-state index is 12.3. The van der Waals surface area contributed by atoms with Gasteiger partial charge in [-0.1, -0.05) is 18.2 Å². The van der Waals surface area contributed by atoms with Crippen molar-refractivity contribution in [1.29, 1.82) is 0 Å². The van der Waals surface area contributed by atoms with E-state index in [2.05, 4.69) is 21.3 Å². The number of urea groups is 1. The molecule has 1 aliphatic rings. The maximum Gasteiger partial charge on any atom is 0.319 e. The van der Waals surface area contributed by atoms with E-state index in [1.165, 1.54) is 6.92 Å². The molecule has 0 heterocycles. The molecule has 1 aliphatic carbocycles. The zero-order chi connectivity index (χ0) is 20.1. The van der Waals surface area contributed by atoms with Crippen LogP contribution in [0.25, 0.3) is 0 Å². The Bertz CT molecular complexity index is 906. The number of amides is 4. The molecule has 0 atom stereocenters. The number of nitrogens with one attached hydrogen (secondary N) is 4. The number of hydrogen-bond acceptors (Lipinski definition) is 3. The van der Waals surface area contributed by atoms with Crippen LogP contribution in [0.2, 0.25) is 0 Å². The zero-order valence-electron chi connectivity index (χ0n) is 16.0. The summed E-state index contributed by atoms with van der Waals surface area (Å²) in [5.41, 5.74) is 3.75. The highest BCUT2D eigenvalue weighted by Crippen LogP contribution is 2.30. The van der Waals surface area contributed by atoms with Crippen LogP contribution in [0.5, 0.6) is 0 Å². The van der Waals surface area contributed by atoms with Gasteiger partial charge in [-0.15, -0.1) is 0 Å². The van der Waals surface area contributed by atoms with E-state index in [0.717, 1.165) is 24.0 Å². The lowest BCUT2D eigenvalue weighted by molar-refractivity contribution is -0.117. The molecule has 1 saturated carbocycles. The average Bonchev–Trinajstić information content (AvgIpc) is 3.48. The van der Waals surface area contributed by atoms with Crippen LogP contribution in [0.1, 0.15) is 30.9 Å². The molecule has 28 heavy (non-hydrogen) atoms. The van der Waals surface area contributed by atoms with Gasteiger partial charge in [0.1, 0.15) is 0 Å². The van der Waals surface area contributed by atoms with Crippen molar-refractivity contribution < 1.29 is 14.4 Å². The van der Waals surface area contributed by atoms with Crippen molar-refractivity contribution in [3.8, 4) is 0 Å². The largest absolute Gasteiger partial charge is 0.334 e. The van der Waals surface area contributed by atoms with Gasteiger partial charge in [-0.3, -0.25) is 9.59 Å². The molecule has 0 saturated heterocycles. The van der Waals surface area contributed by atoms with E-state index in [-0.39, 0.29) is 23.8 Å². The summed E-state index contributed by atoms with van der Waals surface area (Å²) in [6, 6.07) is 12.4. The summed E-state index contributed by atoms with van der Waals surface area (Å²) in [4.78, 5) is 35.3. The Morgan fingerprint density at radius 3 is 2.43 bits per heavy atom. The summed E-state index contributed by atoms with van der Waals surface area (Å²) in [5, 5.41) is 11.2. The fourth-order valence-electron chi connectivity index (χ4n) is 2.74. The predicted octanol–water partition coefficient (Wildman–Crippen LogP) is 3.62. The van der Waals surface area contributed by atoms with Crippen molar-refractivity contribution in [2.75, 3.05) is 16.0 Å². The van der Waals surface area contributed by atoms with E-state index in [0.29, 0.717) is 23.6 Å². The van der Waals surface area contributed by atoms with Gasteiger partial charge < -0.3 is 21.3 Å². The lowest BCUT2D eigenvalue weighted by Gasteiger charge is -2.13. The zero-order valence-corrected chi connectivity index (χ0v) is 16.0. The van der Waals surface area contributed by atoms with Crippen LogP contribution in [-0.4, -0.2) is 17.8 Å². The SMILES string of the molecule is CC(=O)Nc1cccc(CNC(=O)Nc2cc(NC(=O)C3CC3)ccc2C)c1. The summed E-state index contributed by atoms with van der Waals surface area (Å²) in [6.07, 6.45) is 1.88. The minimum atomic E-state index is -0.348. The molecule has 7 nitrogen and oxygen atoms in total. The standard InChI is InChI=1S/C21H24N4O3/c1-13-6-9-18(24-20(27)16-7-8-16)11-19(13)25-21(28)22-12-15-4-3-5-17(10-15)23-14(2)26/h3-6,9-11,16H,7-8,12H2,1-2H3,(H,23,26)(H,24,27)(H2,22,25,28). The monoisotopic (exact) mass is 380 g/mol. The van der Waals surface area contributed by atoms with Crippen molar-refractivity contribution in [3.63, 3.8) is 0 Å². The van der Waals surface area contributed by atoms with Gasteiger partial charge in [0.25, 0.3) is 0 Å². The third-order valence-electron chi connectivity index (χ3n) is 4.40. The third kappa shape index (κ3) is 5.57. The van der Waals surface area contributed by atoms with Crippen LogP contribution in [0.3, 0.4) is 0 Å². The Morgan fingerprint density at radius 1 is 0.964 bits per heavy atom. The summed E-state index contributed by atoms with van der Waals surface area (Å²) in [7, 11) is 0. The predicted molar refractivity (Wildman–Crippen MR) is 109 cm³/mol. The first-order valence-corrected chi connectivity index (χ1v) is 9.23. The first-order chi connectivity index (χ1) is 13.4. The summed E-state index contributed by atoms with van der Waals surface area (Å²) in [6.45, 7) is 3.65. The second-order valence-corrected chi connectivity index (χ2v) is 6.98. The second kappa shape index (κ2) is 8.56. The molecule has 1 fully saturated rings. The Balaban J connectivity index is 1.57. The fourth-order valence-corrected chi connectivity index (χ4v) is 2.74. The molecule has 2 aromatic carbocycles. The van der Waals surface area contributed by atoms with Crippen LogP contribution >= 0.6 is 0 Å². The molecule has 146 valence electrons. The van der Waals surface area contributed by atoms with Crippen molar-refractivity contribution in [2.24, 2.45) is 5.92 Å². The van der Waals surface area contributed by atoms with E-state index in [4.69, 9.17) is 0 Å². The Hall–Kier alpha value is -3.35. The van der Waals surface area contributed by atoms with Crippen molar-refractivity contribution in [1.82, 2.24) is 5.32 Å². The first-order valence-electron chi connectivity index (χ1n) is 9.23. The maximum atomic E-state index is 12.3. The summed E-state index contributed by atoms with van der Waals surface area (Å²) >= 11 is 0. The quantitative estimate of drug-likeness (QED) is 0.616. The van der Waals surface area contributed by atoms with Gasteiger partial charge in [0.15, 0.2) is 0 Å². The van der Waals surface area contributed by atoms with Gasteiger partial charge >= 0.3 is 6.03 Å². The Kier molecular flexibility index (Phi) is 5.93. The van der Waals surface area contributed by atoms with Gasteiger partial charge in [-0.25, -0.2) is 4.79 Å². The molecule has 0 radical (unpaired) electrons. The summed E-state index contributed by atoms with van der Waals surface area (Å²) in [5.74, 6) is -0.000409. The Labute approximate surface area is 163 Å². The highest BCUT2D eigenvalue weighted by Gasteiger charge is 2.29. The highest BCUT2D eigenvalue weighted by atomic mass is 16.2. The number of carbonyl (C=O) groups is 3. The van der Waals surface area contributed by atoms with E-state index < -0.39 is 0 Å². The van der Waals surface area contributed by atoms with E-state index >= 15 is 0 Å². The molecule has 3 rings (SSSR count). The first kappa shape index (κ1) is 19.4. The molecular weight excluding hydrogens is 356 g/mol. The van der Waals surface area contributed by atoms with Crippen LogP contribution in [-0.2, 0) is 16.1 Å². The smallest absolute Gasteiger partial charge is 0.319 e. The lowest BCUT2D eigenvalue weighted by atomic mass is 10.1. The topological polar surface area (TPSA) is 99.3 Å². The molecule has 4 N–H and O–H groups in total. The molecule has 0 bridgehead atoms. The van der Waals surface area contributed by atoms with Crippen LogP contribution in [0, 0.1) is 12.8 Å². The number of carbonyl (C=O) groups excluding carboxylic acids is 3. The van der Waals surface area contributed by atoms with Crippen molar-refractivity contribution >= 4 is 34.9 Å². The van der Waals surface area contributed by atoms with E-state index in [1.54, 1.807) is 18.2 Å². The third-order valence-corrected chi connectivity index (χ3v) is 4.40. The van der Waals surface area contributed by atoms with Gasteiger partial charge in [0.2, 0.25) is 11.8 Å². The molecular formula is C21H24N4O3. The normalized spacial score (nSPS) is 12.8. The number of rotatable bonds is 6. The molecule has 0 spiro atoms. The number of hydrogen-bond donors (Lipinski definition) is 4. The van der Waals surface area contributed by atoms with E-state index in [1.807, 2.05) is 31.2 Å². The average molecular weight is 380 g/mol. The summed E-state index contributed by atoms with van der Waals surface area (Å²) < 4.78 is 0. The van der Waals surface area contributed by atoms with Crippen LogP contribution < -0.4 is 21.3 Å². The highest BCUT2D eigenvalue weighted by molar-refractivity contribution is 5.96. The molecule has 0 aromatic heterocycles. The van der Waals surface area contributed by atoms with E-state index in [9.17, 15) is 14.4 Å². The van der Waals surface area contributed by atoms with Crippen molar-refractivity contribution in [2.45, 2.75) is 33.2 Å². The van der Waals surface area contributed by atoms with Gasteiger partial charge in [0, 0.05) is 36.4 Å². The second-order valence-electron chi connectivity index (χ2n) is 6.98. The van der Waals surface area contributed by atoms with Gasteiger partial charge in [0.05, 0.1) is 0 Å². The van der Waals surface area contributed by atoms with Crippen molar-refractivity contribution in [3.05, 3.63) is 53.6 Å². The number of anilines is 3. The fraction of sp³-hybridized carbons (Fsp3) is 0.286. The van der Waals surface area contributed by atoms with Gasteiger partial charge in [-0.05, 0) is 55.2 Å². The van der Waals surface area contributed by atoms with Crippen LogP contribution in [0.15, 0.2) is 42.5 Å². The molecule has 2 aromatic rings.